The molecule has 2 amide bonds. The molecule has 0 unspecified atom stereocenters. The molecule has 2 heterocycles. The van der Waals surface area contributed by atoms with Crippen LogP contribution in [0.5, 0.6) is 0 Å². The lowest BCUT2D eigenvalue weighted by Crippen LogP contribution is -2.48. The quantitative estimate of drug-likeness (QED) is 0.0437. The van der Waals surface area contributed by atoms with Crippen molar-refractivity contribution in [1.82, 2.24) is 16.0 Å². The van der Waals surface area contributed by atoms with Crippen LogP contribution in [0, 0.1) is 0 Å². The Hall–Kier alpha value is -2.54. The van der Waals surface area contributed by atoms with E-state index in [1.807, 2.05) is 0 Å². The molecular weight excluding hydrogens is 599 g/mol. The first-order valence-corrected chi connectivity index (χ1v) is 17.9. The molecule has 2 aliphatic heterocycles. The fourth-order valence-electron chi connectivity index (χ4n) is 5.72. The highest BCUT2D eigenvalue weighted by molar-refractivity contribution is 8.77. The number of likely N-dealkylation sites (N-methyl/N-ethyl adjacent to an activating group) is 1. The van der Waals surface area contributed by atoms with E-state index in [2.05, 4.69) is 46.7 Å². The fraction of sp³-hybridized carbons (Fsp3) is 0.700. The van der Waals surface area contributed by atoms with Crippen LogP contribution in [0.2, 0.25) is 11.6 Å². The molecule has 242 valence electrons. The summed E-state index contributed by atoms with van der Waals surface area (Å²) in [6, 6.07) is 5.54. The van der Waals surface area contributed by atoms with E-state index in [0.717, 1.165) is 37.7 Å². The molecule has 1 aromatic carbocycles. The minimum absolute atomic E-state index is 0.00522. The molecule has 2 atom stereocenters. The summed E-state index contributed by atoms with van der Waals surface area (Å²) >= 11 is 0. The van der Waals surface area contributed by atoms with E-state index in [4.69, 9.17) is 14.9 Å². The molecule has 3 rings (SSSR count). The molecule has 0 saturated carbocycles. The maximum absolute atomic E-state index is 13.1. The zero-order valence-corrected chi connectivity index (χ0v) is 28.0. The van der Waals surface area contributed by atoms with E-state index in [9.17, 15) is 14.4 Å². The van der Waals surface area contributed by atoms with Crippen molar-refractivity contribution in [3.8, 4) is 0 Å². The molecule has 1 aromatic rings. The highest BCUT2D eigenvalue weighted by Crippen LogP contribution is 2.46. The van der Waals surface area contributed by atoms with Crippen LogP contribution in [-0.2, 0) is 25.6 Å². The number of nitrogens with zero attached hydrogens (tertiary/aromatic N) is 3. The number of rotatable bonds is 16. The molecule has 3 N–H and O–H groups in total. The minimum atomic E-state index is -0.773. The van der Waals surface area contributed by atoms with Crippen molar-refractivity contribution in [3.63, 3.8) is 0 Å². The Morgan fingerprint density at radius 1 is 1.07 bits per heavy atom. The lowest BCUT2D eigenvalue weighted by Gasteiger charge is -2.39. The highest BCUT2D eigenvalue weighted by atomic mass is 33.1. The summed E-state index contributed by atoms with van der Waals surface area (Å²) in [4.78, 5) is 41.3. The Balaban J connectivity index is 1.42. The van der Waals surface area contributed by atoms with Gasteiger partial charge in [0.2, 0.25) is 5.91 Å². The van der Waals surface area contributed by atoms with Gasteiger partial charge in [0.25, 0.3) is 0 Å². The van der Waals surface area contributed by atoms with E-state index in [0.29, 0.717) is 42.5 Å². The van der Waals surface area contributed by atoms with Crippen LogP contribution in [0.1, 0.15) is 84.1 Å². The van der Waals surface area contributed by atoms with Crippen molar-refractivity contribution in [2.75, 3.05) is 19.3 Å². The van der Waals surface area contributed by atoms with Gasteiger partial charge < -0.3 is 25.3 Å². The van der Waals surface area contributed by atoms with Crippen LogP contribution in [0.25, 0.3) is 10.4 Å². The van der Waals surface area contributed by atoms with Crippen LogP contribution in [-0.4, -0.2) is 61.1 Å². The Bertz CT molecular complexity index is 1110. The van der Waals surface area contributed by atoms with Gasteiger partial charge >= 0.3 is 19.0 Å². The summed E-state index contributed by atoms with van der Waals surface area (Å²) in [7, 11) is 4.95. The molecule has 44 heavy (non-hydrogen) atoms. The molecule has 2 bridgehead atoms. The first-order chi connectivity index (χ1) is 21.1. The van der Waals surface area contributed by atoms with Gasteiger partial charge in [-0.15, -0.1) is 0 Å². The van der Waals surface area contributed by atoms with Gasteiger partial charge in [-0.1, -0.05) is 110 Å². The van der Waals surface area contributed by atoms with Gasteiger partial charge in [-0.25, -0.2) is 4.79 Å². The van der Waals surface area contributed by atoms with E-state index >= 15 is 0 Å². The summed E-state index contributed by atoms with van der Waals surface area (Å²) < 4.78 is 11.4. The van der Waals surface area contributed by atoms with Crippen molar-refractivity contribution >= 4 is 52.2 Å². The van der Waals surface area contributed by atoms with Gasteiger partial charge in [-0.05, 0) is 49.0 Å². The number of carbonyl (C=O) groups is 3. The standard InChI is InChI=1S/C30H47BN6O5S2/c1-30(2,3)44-43-20-26(35-29(40)41-19-21-14-16-24(17-15-21)36-37-32)27(38)34-18-6-5-13-25(33-4)28(39)42-31-22-9-7-10-23(31)12-8-11-22/h14-17,22-23,25-26,33H,5-13,18-20H2,1-4H3,(H,34,38)(H,35,40)/t22-,23+,25-,26-/m0/s1. The van der Waals surface area contributed by atoms with Crippen LogP contribution in [0.15, 0.2) is 29.4 Å². The molecular formula is C30H47BN6O5S2. The largest absolute Gasteiger partial charge is 0.535 e. The summed E-state index contributed by atoms with van der Waals surface area (Å²) in [6.45, 7) is 6.77. The molecule has 0 aliphatic carbocycles. The predicted octanol–water partition coefficient (Wildman–Crippen LogP) is 6.92. The topological polar surface area (TPSA) is 155 Å². The summed E-state index contributed by atoms with van der Waals surface area (Å²) in [5, 5.41) is 12.3. The number of benzene rings is 1. The second-order valence-electron chi connectivity index (χ2n) is 12.5. The maximum Gasteiger partial charge on any atom is 0.408 e. The Morgan fingerprint density at radius 3 is 2.32 bits per heavy atom. The summed E-state index contributed by atoms with van der Waals surface area (Å²) in [6.07, 6.45) is 8.50. The number of hydrogen-bond acceptors (Lipinski definition) is 9. The zero-order valence-electron chi connectivity index (χ0n) is 26.4. The van der Waals surface area contributed by atoms with Crippen LogP contribution < -0.4 is 16.0 Å². The molecule has 0 aromatic heterocycles. The summed E-state index contributed by atoms with van der Waals surface area (Å²) in [5.74, 6) is 0.949. The van der Waals surface area contributed by atoms with Gasteiger partial charge in [0.1, 0.15) is 18.7 Å². The lowest BCUT2D eigenvalue weighted by atomic mass is 9.38. The van der Waals surface area contributed by atoms with Crippen LogP contribution >= 0.6 is 21.6 Å². The molecule has 2 aliphatic rings. The first-order valence-electron chi connectivity index (χ1n) is 15.6. The van der Waals surface area contributed by atoms with Crippen LogP contribution in [0.4, 0.5) is 10.5 Å². The average molecular weight is 647 g/mol. The number of carbonyl (C=O) groups excluding carboxylic acids is 3. The molecule has 0 spiro atoms. The second kappa shape index (κ2) is 18.4. The number of azide groups is 1. The van der Waals surface area contributed by atoms with E-state index in [-0.39, 0.29) is 36.2 Å². The number of ether oxygens (including phenoxy) is 1. The second-order valence-corrected chi connectivity index (χ2v) is 15.7. The van der Waals surface area contributed by atoms with Gasteiger partial charge in [-0.3, -0.25) is 9.59 Å². The van der Waals surface area contributed by atoms with E-state index in [1.165, 1.54) is 23.6 Å². The minimum Gasteiger partial charge on any atom is -0.535 e. The van der Waals surface area contributed by atoms with E-state index in [1.54, 1.807) is 42.1 Å². The van der Waals surface area contributed by atoms with Crippen molar-refractivity contribution in [3.05, 3.63) is 40.3 Å². The smallest absolute Gasteiger partial charge is 0.408 e. The van der Waals surface area contributed by atoms with Crippen molar-refractivity contribution in [2.24, 2.45) is 5.11 Å². The average Bonchev–Trinajstić information content (AvgIpc) is 2.97. The Kier molecular flexibility index (Phi) is 15.1. The zero-order chi connectivity index (χ0) is 32.0. The number of nitrogens with one attached hydrogen (secondary N) is 3. The van der Waals surface area contributed by atoms with Gasteiger partial charge in [0.05, 0.1) is 0 Å². The van der Waals surface area contributed by atoms with Crippen molar-refractivity contribution in [1.29, 1.82) is 0 Å². The van der Waals surface area contributed by atoms with Gasteiger partial charge in [0.15, 0.2) is 0 Å². The number of hydrogen-bond donors (Lipinski definition) is 3. The normalized spacial score (nSPS) is 19.2. The molecule has 2 saturated heterocycles. The molecule has 11 nitrogen and oxygen atoms in total. The third-order valence-electron chi connectivity index (χ3n) is 7.95. The Labute approximate surface area is 269 Å². The molecule has 14 heteroatoms. The number of alkyl carbamates (subject to hydrolysis) is 1. The van der Waals surface area contributed by atoms with Crippen molar-refractivity contribution < 1.29 is 23.8 Å². The van der Waals surface area contributed by atoms with Gasteiger partial charge in [-0.2, -0.15) is 0 Å². The first kappa shape index (κ1) is 35.9. The number of amides is 2. The maximum atomic E-state index is 13.1. The predicted molar refractivity (Wildman–Crippen MR) is 179 cm³/mol. The van der Waals surface area contributed by atoms with Crippen molar-refractivity contribution in [2.45, 2.75) is 114 Å². The lowest BCUT2D eigenvalue weighted by molar-refractivity contribution is -0.137. The number of fused-ring (bicyclic) bond motifs is 2. The fourth-order valence-corrected chi connectivity index (χ4v) is 8.18. The third-order valence-corrected chi connectivity index (χ3v) is 11.3. The number of unbranched alkanes of at least 4 members (excludes halogenated alkanes) is 1. The SMILES string of the molecule is CN[C@@H](CCCCNC(=O)[C@H](CSSC(C)(C)C)NC(=O)OCc1ccc(N=[N+]=[N-])cc1)C(=O)OB1[C@H]2CCC[C@@H]1CCC2. The highest BCUT2D eigenvalue weighted by Gasteiger charge is 2.44. The molecule has 2 fully saturated rings. The van der Waals surface area contributed by atoms with Crippen LogP contribution in [0.3, 0.4) is 0 Å². The van der Waals surface area contributed by atoms with Gasteiger partial charge in [0, 0.05) is 27.6 Å². The monoisotopic (exact) mass is 646 g/mol. The molecule has 0 radical (unpaired) electrons. The summed E-state index contributed by atoms with van der Waals surface area (Å²) in [5.41, 5.74) is 9.72. The van der Waals surface area contributed by atoms with E-state index < -0.39 is 12.1 Å². The third kappa shape index (κ3) is 12.5. The Morgan fingerprint density at radius 2 is 1.73 bits per heavy atom.